The van der Waals surface area contributed by atoms with Crippen LogP contribution in [0.4, 0.5) is 13.2 Å². The number of carbonyl (C=O) groups excluding carboxylic acids is 2. The van der Waals surface area contributed by atoms with E-state index in [9.17, 15) is 32.7 Å². The zero-order chi connectivity index (χ0) is 36.7. The second-order valence-corrected chi connectivity index (χ2v) is 13.5. The van der Waals surface area contributed by atoms with E-state index in [2.05, 4.69) is 6.92 Å². The standard InChI is InChI=1S/C30H53N2O9P.C2HF3O2/c1-3-4-5-6-7-8-9-10-11-12-13-14-15-20-38-21-17-22-39-42(36,37-2)40-24-26-27(33)28(34)30(41-26)32-19-16-18-25(23-32)29(31)35;3-2(4,5)1(6)7/h16,18-19,23,26-28,30,33-34H,3-15,17,20-22,24H2,1-2H3,(H-,31,35);(H,6,7). The molecule has 1 aromatic rings. The summed E-state index contributed by atoms with van der Waals surface area (Å²) >= 11 is 0. The number of aliphatic hydroxyl groups excluding tert-OH is 2. The minimum absolute atomic E-state index is 0.110. The number of primary amides is 1. The summed E-state index contributed by atoms with van der Waals surface area (Å²) in [6.45, 7) is 3.19. The Balaban J connectivity index is 0.00000154. The SMILES string of the molecule is CCCCCCCCCCCCCCCOCCCOP(=O)(OC)OCC1OC([n+]2cccc(C(N)=O)c2)C(O)C1O.O=C([O-])C(F)(F)F. The maximum atomic E-state index is 12.8. The molecule has 284 valence electrons. The Bertz CT molecular complexity index is 1120. The molecule has 0 aliphatic carbocycles. The highest BCUT2D eigenvalue weighted by atomic mass is 31.2. The van der Waals surface area contributed by atoms with Gasteiger partial charge in [0.25, 0.3) is 12.1 Å². The number of phosphoric ester groups is 1. The summed E-state index contributed by atoms with van der Waals surface area (Å²) in [6.07, 6.45) is 10.7. The van der Waals surface area contributed by atoms with Crippen LogP contribution in [0.25, 0.3) is 0 Å². The molecule has 5 atom stereocenters. The lowest BCUT2D eigenvalue weighted by molar-refractivity contribution is -0.765. The number of nitrogens with zero attached hydrogens (tertiary/aromatic N) is 1. The molecule has 2 heterocycles. The summed E-state index contributed by atoms with van der Waals surface area (Å²) in [4.78, 5) is 20.2. The van der Waals surface area contributed by atoms with E-state index in [1.165, 1.54) is 101 Å². The largest absolute Gasteiger partial charge is 0.542 e. The first-order chi connectivity index (χ1) is 23.3. The van der Waals surface area contributed by atoms with E-state index < -0.39 is 50.4 Å². The molecule has 1 aliphatic rings. The van der Waals surface area contributed by atoms with Gasteiger partial charge in [-0.2, -0.15) is 17.7 Å². The van der Waals surface area contributed by atoms with Gasteiger partial charge in [0.2, 0.25) is 0 Å². The molecule has 17 heteroatoms. The number of nitrogens with two attached hydrogens (primary N) is 1. The Morgan fingerprint density at radius 2 is 1.45 bits per heavy atom. The number of aliphatic hydroxyl groups is 2. The molecule has 0 aromatic carbocycles. The number of phosphoric acid groups is 1. The predicted molar refractivity (Wildman–Crippen MR) is 170 cm³/mol. The zero-order valence-electron chi connectivity index (χ0n) is 28.5. The van der Waals surface area contributed by atoms with Crippen molar-refractivity contribution in [1.29, 1.82) is 0 Å². The monoisotopic (exact) mass is 730 g/mol. The number of halogens is 3. The maximum absolute atomic E-state index is 12.8. The molecule has 49 heavy (non-hydrogen) atoms. The molecular weight excluding hydrogens is 676 g/mol. The first kappa shape index (κ1) is 44.9. The van der Waals surface area contributed by atoms with Crippen LogP contribution < -0.4 is 15.4 Å². The molecule has 0 saturated carbocycles. The number of carboxylic acids is 1. The van der Waals surface area contributed by atoms with Crippen LogP contribution in [0.1, 0.15) is 113 Å². The summed E-state index contributed by atoms with van der Waals surface area (Å²) < 4.78 is 72.8. The van der Waals surface area contributed by atoms with Crippen molar-refractivity contribution >= 4 is 19.7 Å². The van der Waals surface area contributed by atoms with E-state index in [4.69, 9.17) is 38.7 Å². The summed E-state index contributed by atoms with van der Waals surface area (Å²) in [6, 6.07) is 3.09. The van der Waals surface area contributed by atoms with Gasteiger partial charge in [0, 0.05) is 26.4 Å². The lowest BCUT2D eigenvalue weighted by atomic mass is 10.0. The number of carboxylic acid groups (broad SMARTS) is 1. The van der Waals surface area contributed by atoms with Crippen LogP contribution in [-0.4, -0.2) is 80.1 Å². The van der Waals surface area contributed by atoms with Gasteiger partial charge in [-0.15, -0.1) is 0 Å². The molecule has 4 N–H and O–H groups in total. The molecule has 13 nitrogen and oxygen atoms in total. The Kier molecular flexibility index (Phi) is 22.8. The number of aromatic nitrogens is 1. The third kappa shape index (κ3) is 19.1. The second-order valence-electron chi connectivity index (χ2n) is 11.7. The van der Waals surface area contributed by atoms with Crippen LogP contribution in [0.15, 0.2) is 24.5 Å². The van der Waals surface area contributed by atoms with E-state index in [1.807, 2.05) is 0 Å². The van der Waals surface area contributed by atoms with Crippen molar-refractivity contribution in [2.24, 2.45) is 5.73 Å². The third-order valence-corrected chi connectivity index (χ3v) is 9.08. The van der Waals surface area contributed by atoms with Crippen LogP contribution in [0.5, 0.6) is 0 Å². The van der Waals surface area contributed by atoms with Gasteiger partial charge >= 0.3 is 14.0 Å². The predicted octanol–water partition coefficient (Wildman–Crippen LogP) is 4.28. The van der Waals surface area contributed by atoms with Gasteiger partial charge in [0.1, 0.15) is 23.7 Å². The highest BCUT2D eigenvalue weighted by Crippen LogP contribution is 2.49. The molecule has 2 rings (SSSR count). The molecule has 0 bridgehead atoms. The molecular formula is C32H54F3N2O11P. The fourth-order valence-electron chi connectivity index (χ4n) is 4.88. The number of ether oxygens (including phenoxy) is 2. The minimum atomic E-state index is -5.19. The van der Waals surface area contributed by atoms with E-state index in [-0.39, 0.29) is 18.8 Å². The molecule has 1 aromatic heterocycles. The van der Waals surface area contributed by atoms with Gasteiger partial charge in [-0.3, -0.25) is 18.4 Å². The normalized spacial score (nSPS) is 20.4. The number of hydrogen-bond acceptors (Lipinski definition) is 11. The molecule has 5 unspecified atom stereocenters. The van der Waals surface area contributed by atoms with Gasteiger partial charge in [0.05, 0.1) is 13.2 Å². The fraction of sp³-hybridized carbons (Fsp3) is 0.781. The van der Waals surface area contributed by atoms with Crippen LogP contribution in [-0.2, 0) is 32.4 Å². The van der Waals surface area contributed by atoms with Gasteiger partial charge in [-0.1, -0.05) is 84.0 Å². The lowest BCUT2D eigenvalue weighted by Crippen LogP contribution is -2.46. The Hall–Kier alpha value is -2.17. The number of aliphatic carboxylic acids is 1. The van der Waals surface area contributed by atoms with Crippen molar-refractivity contribution in [2.75, 3.05) is 33.5 Å². The molecule has 0 spiro atoms. The molecule has 1 fully saturated rings. The van der Waals surface area contributed by atoms with Gasteiger partial charge in [0.15, 0.2) is 18.5 Å². The molecule has 1 saturated heterocycles. The van der Waals surface area contributed by atoms with E-state index in [0.717, 1.165) is 6.42 Å². The average Bonchev–Trinajstić information content (AvgIpc) is 3.35. The summed E-state index contributed by atoms with van der Waals surface area (Å²) in [5.74, 6) is -3.65. The van der Waals surface area contributed by atoms with Crippen molar-refractivity contribution in [3.63, 3.8) is 0 Å². The fourth-order valence-corrected chi connectivity index (χ4v) is 5.85. The quantitative estimate of drug-likeness (QED) is 0.0740. The van der Waals surface area contributed by atoms with E-state index in [1.54, 1.807) is 12.3 Å². The number of pyridine rings is 1. The Morgan fingerprint density at radius 3 is 1.96 bits per heavy atom. The maximum Gasteiger partial charge on any atom is 0.474 e. The Morgan fingerprint density at radius 1 is 0.918 bits per heavy atom. The second kappa shape index (κ2) is 24.9. The first-order valence-electron chi connectivity index (χ1n) is 16.9. The van der Waals surface area contributed by atoms with E-state index >= 15 is 0 Å². The number of unbranched alkanes of at least 4 members (excludes halogenated alkanes) is 12. The number of alkyl halides is 3. The van der Waals surface area contributed by atoms with Gasteiger partial charge in [-0.25, -0.2) is 4.57 Å². The zero-order valence-corrected chi connectivity index (χ0v) is 29.4. The van der Waals surface area contributed by atoms with Gasteiger partial charge < -0.3 is 35.3 Å². The van der Waals surface area contributed by atoms with Crippen molar-refractivity contribution in [3.05, 3.63) is 30.1 Å². The Labute approximate surface area is 286 Å². The van der Waals surface area contributed by atoms with E-state index in [0.29, 0.717) is 19.6 Å². The molecule has 1 amide bonds. The molecule has 0 radical (unpaired) electrons. The smallest absolute Gasteiger partial charge is 0.474 e. The highest BCUT2D eigenvalue weighted by molar-refractivity contribution is 7.48. The third-order valence-electron chi connectivity index (χ3n) is 7.66. The number of carbonyl (C=O) groups is 2. The topological polar surface area (TPSA) is 191 Å². The van der Waals surface area contributed by atoms with Crippen LogP contribution >= 0.6 is 7.82 Å². The van der Waals surface area contributed by atoms with Crippen LogP contribution in [0.3, 0.4) is 0 Å². The van der Waals surface area contributed by atoms with Crippen molar-refractivity contribution in [3.8, 4) is 0 Å². The lowest BCUT2D eigenvalue weighted by Gasteiger charge is -2.19. The van der Waals surface area contributed by atoms with Crippen LogP contribution in [0, 0.1) is 0 Å². The van der Waals surface area contributed by atoms with Crippen molar-refractivity contribution < 1.29 is 70.3 Å². The average molecular weight is 731 g/mol. The van der Waals surface area contributed by atoms with Crippen LogP contribution in [0.2, 0.25) is 0 Å². The first-order valence-corrected chi connectivity index (χ1v) is 18.3. The number of rotatable bonds is 25. The van der Waals surface area contributed by atoms with Crippen molar-refractivity contribution in [1.82, 2.24) is 0 Å². The van der Waals surface area contributed by atoms with Crippen molar-refractivity contribution in [2.45, 2.75) is 128 Å². The summed E-state index contributed by atoms with van der Waals surface area (Å²) in [5, 5.41) is 29.7. The number of hydrogen-bond donors (Lipinski definition) is 3. The minimum Gasteiger partial charge on any atom is -0.542 e. The highest BCUT2D eigenvalue weighted by Gasteiger charge is 2.49. The van der Waals surface area contributed by atoms with Gasteiger partial charge in [-0.05, 0) is 18.9 Å². The summed E-state index contributed by atoms with van der Waals surface area (Å²) in [7, 11) is -2.69. The summed E-state index contributed by atoms with van der Waals surface area (Å²) in [5.41, 5.74) is 5.53. The molecule has 1 aliphatic heterocycles. The number of amides is 1.